The Balaban J connectivity index is 1.95. The van der Waals surface area contributed by atoms with E-state index < -0.39 is 11.7 Å². The summed E-state index contributed by atoms with van der Waals surface area (Å²) in [7, 11) is 0. The molecule has 0 aliphatic heterocycles. The second-order valence-electron chi connectivity index (χ2n) is 5.59. The van der Waals surface area contributed by atoms with Crippen LogP contribution in [0.5, 0.6) is 0 Å². The number of nitrogens with zero attached hydrogens (tertiary/aromatic N) is 1. The van der Waals surface area contributed by atoms with Gasteiger partial charge in [0.1, 0.15) is 0 Å². The molecule has 0 aliphatic rings. The van der Waals surface area contributed by atoms with Crippen LogP contribution >= 0.6 is 0 Å². The smallest absolute Gasteiger partial charge is 0.385 e. The summed E-state index contributed by atoms with van der Waals surface area (Å²) < 4.78 is 37.7. The lowest BCUT2D eigenvalue weighted by molar-refractivity contribution is -0.137. The van der Waals surface area contributed by atoms with Crippen LogP contribution < -0.4 is 5.32 Å². The summed E-state index contributed by atoms with van der Waals surface area (Å²) in [6.07, 6.45) is 5.04. The van der Waals surface area contributed by atoms with Gasteiger partial charge < -0.3 is 5.32 Å². The maximum absolute atomic E-state index is 12.6. The Kier molecular flexibility index (Phi) is 6.25. The molecule has 2 aromatic rings. The number of benzene rings is 1. The van der Waals surface area contributed by atoms with Gasteiger partial charge in [0.25, 0.3) is 0 Å². The lowest BCUT2D eigenvalue weighted by Gasteiger charge is -2.17. The highest BCUT2D eigenvalue weighted by molar-refractivity contribution is 5.45. The lowest BCUT2D eigenvalue weighted by Crippen LogP contribution is -2.17. The molecule has 0 saturated carbocycles. The summed E-state index contributed by atoms with van der Waals surface area (Å²) in [5.41, 5.74) is 0.994. The van der Waals surface area contributed by atoms with Gasteiger partial charge in [0.15, 0.2) is 0 Å². The number of hydrogen-bond donors (Lipinski definition) is 1. The molecule has 1 heterocycles. The molecule has 2 nitrogen and oxygen atoms in total. The van der Waals surface area contributed by atoms with E-state index in [-0.39, 0.29) is 5.92 Å². The minimum Gasteiger partial charge on any atom is -0.385 e. The SMILES string of the molecule is C#CCC[C@@H](CNc1ccc(C(F)(F)F)cc1)Cc1ccccn1. The van der Waals surface area contributed by atoms with Crippen LogP contribution in [-0.4, -0.2) is 11.5 Å². The quantitative estimate of drug-likeness (QED) is 0.738. The molecule has 1 atom stereocenters. The zero-order valence-corrected chi connectivity index (χ0v) is 13.2. The second-order valence-corrected chi connectivity index (χ2v) is 5.59. The number of pyridine rings is 1. The fourth-order valence-electron chi connectivity index (χ4n) is 2.42. The van der Waals surface area contributed by atoms with E-state index in [0.717, 1.165) is 30.7 Å². The molecule has 0 fully saturated rings. The van der Waals surface area contributed by atoms with Crippen LogP contribution in [0.15, 0.2) is 48.7 Å². The minimum atomic E-state index is -4.31. The van der Waals surface area contributed by atoms with Crippen LogP contribution in [0.25, 0.3) is 0 Å². The average molecular weight is 332 g/mol. The van der Waals surface area contributed by atoms with Crippen LogP contribution in [0.3, 0.4) is 0 Å². The standard InChI is InChI=1S/C19H19F3N2/c1-2-3-6-15(13-18-7-4-5-12-23-18)14-24-17-10-8-16(9-11-17)19(20,21)22/h1,4-5,7-12,15,24H,3,6,13-14H2/t15-/m1/s1. The zero-order chi connectivity index (χ0) is 17.4. The van der Waals surface area contributed by atoms with Crippen molar-refractivity contribution in [3.05, 3.63) is 59.9 Å². The summed E-state index contributed by atoms with van der Waals surface area (Å²) >= 11 is 0. The van der Waals surface area contributed by atoms with E-state index in [1.807, 2.05) is 18.2 Å². The van der Waals surface area contributed by atoms with Crippen LogP contribution in [0.4, 0.5) is 18.9 Å². The molecule has 0 spiro atoms. The van der Waals surface area contributed by atoms with Crippen molar-refractivity contribution in [3.8, 4) is 12.3 Å². The number of terminal acetylenes is 1. The second kappa shape index (κ2) is 8.39. The fraction of sp³-hybridized carbons (Fsp3) is 0.316. The molecule has 0 bridgehead atoms. The van der Waals surface area contributed by atoms with Crippen molar-refractivity contribution < 1.29 is 13.2 Å². The molecule has 2 rings (SSSR count). The van der Waals surface area contributed by atoms with Crippen molar-refractivity contribution in [2.75, 3.05) is 11.9 Å². The number of alkyl halides is 3. The normalized spacial score (nSPS) is 12.4. The Hall–Kier alpha value is -2.48. The average Bonchev–Trinajstić information content (AvgIpc) is 2.58. The molecule has 0 unspecified atom stereocenters. The number of halogens is 3. The first-order chi connectivity index (χ1) is 11.5. The van der Waals surface area contributed by atoms with Gasteiger partial charge in [-0.15, -0.1) is 12.3 Å². The first kappa shape index (κ1) is 17.9. The topological polar surface area (TPSA) is 24.9 Å². The molecule has 1 aromatic heterocycles. The van der Waals surface area contributed by atoms with Crippen molar-refractivity contribution in [2.24, 2.45) is 5.92 Å². The van der Waals surface area contributed by atoms with Gasteiger partial charge in [-0.1, -0.05) is 6.07 Å². The van der Waals surface area contributed by atoms with E-state index in [9.17, 15) is 13.2 Å². The van der Waals surface area contributed by atoms with E-state index in [1.165, 1.54) is 12.1 Å². The van der Waals surface area contributed by atoms with Crippen molar-refractivity contribution in [1.29, 1.82) is 0 Å². The van der Waals surface area contributed by atoms with Gasteiger partial charge in [0, 0.05) is 30.5 Å². The maximum atomic E-state index is 12.6. The Labute approximate surface area is 140 Å². The first-order valence-electron chi connectivity index (χ1n) is 7.73. The van der Waals surface area contributed by atoms with Crippen molar-refractivity contribution in [1.82, 2.24) is 4.98 Å². The number of nitrogens with one attached hydrogen (secondary N) is 1. The third-order valence-corrected chi connectivity index (χ3v) is 3.73. The monoisotopic (exact) mass is 332 g/mol. The first-order valence-corrected chi connectivity index (χ1v) is 7.73. The predicted molar refractivity (Wildman–Crippen MR) is 89.4 cm³/mol. The molecule has 1 aromatic carbocycles. The summed E-state index contributed by atoms with van der Waals surface area (Å²) in [5, 5.41) is 3.19. The van der Waals surface area contributed by atoms with E-state index >= 15 is 0 Å². The van der Waals surface area contributed by atoms with Gasteiger partial charge >= 0.3 is 6.18 Å². The summed E-state index contributed by atoms with van der Waals surface area (Å²) in [6, 6.07) is 10.8. The Morgan fingerprint density at radius 3 is 2.46 bits per heavy atom. The van der Waals surface area contributed by atoms with Crippen LogP contribution in [-0.2, 0) is 12.6 Å². The summed E-state index contributed by atoms with van der Waals surface area (Å²) in [5.74, 6) is 2.90. The Morgan fingerprint density at radius 1 is 1.12 bits per heavy atom. The maximum Gasteiger partial charge on any atom is 0.416 e. The lowest BCUT2D eigenvalue weighted by atomic mass is 9.97. The molecular weight excluding hydrogens is 313 g/mol. The van der Waals surface area contributed by atoms with E-state index in [4.69, 9.17) is 6.42 Å². The van der Waals surface area contributed by atoms with Crippen molar-refractivity contribution in [3.63, 3.8) is 0 Å². The minimum absolute atomic E-state index is 0.262. The Bertz CT molecular complexity index is 658. The highest BCUT2D eigenvalue weighted by Crippen LogP contribution is 2.29. The zero-order valence-electron chi connectivity index (χ0n) is 13.2. The molecule has 0 saturated heterocycles. The highest BCUT2D eigenvalue weighted by atomic mass is 19.4. The number of rotatable bonds is 7. The van der Waals surface area contributed by atoms with Crippen LogP contribution in [0.1, 0.15) is 24.1 Å². The van der Waals surface area contributed by atoms with Crippen LogP contribution in [0.2, 0.25) is 0 Å². The molecule has 5 heteroatoms. The largest absolute Gasteiger partial charge is 0.416 e. The van der Waals surface area contributed by atoms with Crippen LogP contribution in [0, 0.1) is 18.3 Å². The van der Waals surface area contributed by atoms with E-state index in [0.29, 0.717) is 18.7 Å². The fourth-order valence-corrected chi connectivity index (χ4v) is 2.42. The molecule has 126 valence electrons. The van der Waals surface area contributed by atoms with Crippen molar-refractivity contribution >= 4 is 5.69 Å². The van der Waals surface area contributed by atoms with Gasteiger partial charge in [-0.2, -0.15) is 13.2 Å². The summed E-state index contributed by atoms with van der Waals surface area (Å²) in [4.78, 5) is 4.32. The van der Waals surface area contributed by atoms with E-state index in [2.05, 4.69) is 16.2 Å². The number of anilines is 1. The molecule has 1 N–H and O–H groups in total. The molecule has 0 radical (unpaired) electrons. The van der Waals surface area contributed by atoms with Gasteiger partial charge in [0.05, 0.1) is 5.56 Å². The van der Waals surface area contributed by atoms with Gasteiger partial charge in [0.2, 0.25) is 0 Å². The molecular formula is C19H19F3N2. The number of aromatic nitrogens is 1. The Morgan fingerprint density at radius 2 is 1.88 bits per heavy atom. The third kappa shape index (κ3) is 5.62. The molecule has 24 heavy (non-hydrogen) atoms. The summed E-state index contributed by atoms with van der Waals surface area (Å²) in [6.45, 7) is 0.629. The van der Waals surface area contributed by atoms with Crippen molar-refractivity contribution in [2.45, 2.75) is 25.4 Å². The highest BCUT2D eigenvalue weighted by Gasteiger charge is 2.29. The molecule has 0 aliphatic carbocycles. The van der Waals surface area contributed by atoms with Gasteiger partial charge in [-0.25, -0.2) is 0 Å². The predicted octanol–water partition coefficient (Wildman–Crippen LogP) is 4.78. The van der Waals surface area contributed by atoms with Gasteiger partial charge in [-0.05, 0) is 55.2 Å². The third-order valence-electron chi connectivity index (χ3n) is 3.73. The van der Waals surface area contributed by atoms with Gasteiger partial charge in [-0.3, -0.25) is 4.98 Å². The number of hydrogen-bond acceptors (Lipinski definition) is 2. The molecule has 0 amide bonds. The van der Waals surface area contributed by atoms with E-state index in [1.54, 1.807) is 6.20 Å².